The summed E-state index contributed by atoms with van der Waals surface area (Å²) >= 11 is 0. The molecule has 0 saturated carbocycles. The second kappa shape index (κ2) is 6.79. The first-order chi connectivity index (χ1) is 10.8. The van der Waals surface area contributed by atoms with Gasteiger partial charge < -0.3 is 0 Å². The van der Waals surface area contributed by atoms with Crippen LogP contribution in [0.15, 0.2) is 71.8 Å². The van der Waals surface area contributed by atoms with Gasteiger partial charge in [-0.05, 0) is 54.9 Å². The minimum Gasteiger partial charge on any atom is -0.0730 e. The van der Waals surface area contributed by atoms with Crippen LogP contribution < -0.4 is 0 Å². The molecule has 1 aliphatic rings. The largest absolute Gasteiger partial charge is 0.0730 e. The lowest BCUT2D eigenvalue weighted by atomic mass is 9.89. The molecule has 2 aromatic carbocycles. The minimum atomic E-state index is 1.07. The molecule has 22 heavy (non-hydrogen) atoms. The fraction of sp³-hybridized carbons (Fsp3) is 0.273. The molecule has 0 nitrogen and oxygen atoms in total. The second-order valence-electron chi connectivity index (χ2n) is 6.18. The van der Waals surface area contributed by atoms with Gasteiger partial charge in [-0.1, -0.05) is 78.8 Å². The molecule has 2 aromatic rings. The second-order valence-corrected chi connectivity index (χ2v) is 6.18. The van der Waals surface area contributed by atoms with Gasteiger partial charge in [0.2, 0.25) is 0 Å². The van der Waals surface area contributed by atoms with E-state index in [1.807, 2.05) is 0 Å². The van der Waals surface area contributed by atoms with Gasteiger partial charge in [0.15, 0.2) is 0 Å². The Hall–Kier alpha value is -2.08. The van der Waals surface area contributed by atoms with Gasteiger partial charge in [-0.3, -0.25) is 0 Å². The van der Waals surface area contributed by atoms with Crippen LogP contribution in [-0.2, 0) is 12.8 Å². The van der Waals surface area contributed by atoms with Gasteiger partial charge in [0, 0.05) is 0 Å². The van der Waals surface area contributed by atoms with E-state index in [4.69, 9.17) is 0 Å². The zero-order valence-electron chi connectivity index (χ0n) is 13.6. The summed E-state index contributed by atoms with van der Waals surface area (Å²) in [6.45, 7) is 4.46. The van der Waals surface area contributed by atoms with Crippen molar-refractivity contribution < 1.29 is 0 Å². The molecule has 112 valence electrons. The number of aryl methyl sites for hydroxylation is 1. The van der Waals surface area contributed by atoms with Crippen molar-refractivity contribution in [2.24, 2.45) is 0 Å². The van der Waals surface area contributed by atoms with Gasteiger partial charge in [-0.2, -0.15) is 0 Å². The predicted octanol–water partition coefficient (Wildman–Crippen LogP) is 6.13. The highest BCUT2D eigenvalue weighted by atomic mass is 14.2. The van der Waals surface area contributed by atoms with Crippen LogP contribution in [-0.4, -0.2) is 0 Å². The van der Waals surface area contributed by atoms with E-state index in [2.05, 4.69) is 74.5 Å². The first kappa shape index (κ1) is 14.8. The monoisotopic (exact) mass is 288 g/mol. The molecule has 0 unspecified atom stereocenters. The topological polar surface area (TPSA) is 0 Å². The highest BCUT2D eigenvalue weighted by Gasteiger charge is 2.11. The van der Waals surface area contributed by atoms with Crippen molar-refractivity contribution >= 4 is 0 Å². The molecule has 0 N–H and O–H groups in total. The van der Waals surface area contributed by atoms with Crippen molar-refractivity contribution in [3.8, 4) is 11.1 Å². The van der Waals surface area contributed by atoms with E-state index in [0.29, 0.717) is 0 Å². The molecule has 0 atom stereocenters. The van der Waals surface area contributed by atoms with Crippen molar-refractivity contribution in [3.63, 3.8) is 0 Å². The van der Waals surface area contributed by atoms with Crippen LogP contribution in [0.3, 0.4) is 0 Å². The Morgan fingerprint density at radius 3 is 2.05 bits per heavy atom. The first-order valence-electron chi connectivity index (χ1n) is 8.29. The Labute approximate surface area is 134 Å². The first-order valence-corrected chi connectivity index (χ1v) is 8.29. The molecule has 0 amide bonds. The molecule has 0 bridgehead atoms. The molecule has 0 aliphatic heterocycles. The van der Waals surface area contributed by atoms with Gasteiger partial charge in [-0.15, -0.1) is 0 Å². The van der Waals surface area contributed by atoms with E-state index < -0.39 is 0 Å². The molecule has 1 aliphatic carbocycles. The molecular weight excluding hydrogens is 264 g/mol. The quantitative estimate of drug-likeness (QED) is 0.635. The standard InChI is InChI=1S/C22H24/c1-3-19-8-4-6-10-21(19)22-11-7-5-9-20(22)16-18-14-12-17(2)13-15-18/h4-12,14H,3,13,15-16H2,1-2H3. The van der Waals surface area contributed by atoms with Gasteiger partial charge in [-0.25, -0.2) is 0 Å². The van der Waals surface area contributed by atoms with E-state index in [1.54, 1.807) is 5.57 Å². The van der Waals surface area contributed by atoms with Crippen molar-refractivity contribution in [1.82, 2.24) is 0 Å². The maximum atomic E-state index is 2.32. The van der Waals surface area contributed by atoms with Crippen LogP contribution in [0.2, 0.25) is 0 Å². The van der Waals surface area contributed by atoms with Crippen molar-refractivity contribution in [3.05, 3.63) is 83.0 Å². The minimum absolute atomic E-state index is 1.07. The fourth-order valence-electron chi connectivity index (χ4n) is 3.21. The van der Waals surface area contributed by atoms with Crippen molar-refractivity contribution in [2.45, 2.75) is 39.5 Å². The van der Waals surface area contributed by atoms with Crippen LogP contribution in [0.5, 0.6) is 0 Å². The molecule has 0 spiro atoms. The fourth-order valence-corrected chi connectivity index (χ4v) is 3.21. The Bertz CT molecular complexity index is 716. The summed E-state index contributed by atoms with van der Waals surface area (Å²) in [6, 6.07) is 17.7. The summed E-state index contributed by atoms with van der Waals surface area (Å²) in [5.41, 5.74) is 8.71. The van der Waals surface area contributed by atoms with Crippen LogP contribution in [0, 0.1) is 0 Å². The van der Waals surface area contributed by atoms with Crippen LogP contribution >= 0.6 is 0 Å². The number of benzene rings is 2. The van der Waals surface area contributed by atoms with Crippen molar-refractivity contribution in [1.29, 1.82) is 0 Å². The zero-order chi connectivity index (χ0) is 15.4. The van der Waals surface area contributed by atoms with Crippen molar-refractivity contribution in [2.75, 3.05) is 0 Å². The maximum Gasteiger partial charge on any atom is -0.00577 e. The van der Waals surface area contributed by atoms with E-state index in [1.165, 1.54) is 40.7 Å². The molecule has 3 rings (SSSR count). The highest BCUT2D eigenvalue weighted by molar-refractivity contribution is 5.71. The molecule has 0 fully saturated rings. The Morgan fingerprint density at radius 2 is 1.41 bits per heavy atom. The third-order valence-electron chi connectivity index (χ3n) is 4.57. The average Bonchev–Trinajstić information content (AvgIpc) is 2.57. The Balaban J connectivity index is 1.97. The normalized spacial score (nSPS) is 14.5. The Morgan fingerprint density at radius 1 is 0.773 bits per heavy atom. The van der Waals surface area contributed by atoms with Crippen LogP contribution in [0.1, 0.15) is 37.8 Å². The van der Waals surface area contributed by atoms with Gasteiger partial charge in [0.25, 0.3) is 0 Å². The van der Waals surface area contributed by atoms with Gasteiger partial charge >= 0.3 is 0 Å². The average molecular weight is 288 g/mol. The van der Waals surface area contributed by atoms with E-state index in [9.17, 15) is 0 Å². The summed E-state index contributed by atoms with van der Waals surface area (Å²) in [5, 5.41) is 0. The number of allylic oxidation sites excluding steroid dienone is 4. The molecule has 0 heterocycles. The number of rotatable bonds is 4. The molecule has 0 saturated heterocycles. The Kier molecular flexibility index (Phi) is 4.58. The number of hydrogen-bond acceptors (Lipinski definition) is 0. The highest BCUT2D eigenvalue weighted by Crippen LogP contribution is 2.30. The van der Waals surface area contributed by atoms with Gasteiger partial charge in [0.1, 0.15) is 0 Å². The summed E-state index contributed by atoms with van der Waals surface area (Å²) < 4.78 is 0. The summed E-state index contributed by atoms with van der Waals surface area (Å²) in [5.74, 6) is 0. The van der Waals surface area contributed by atoms with Gasteiger partial charge in [0.05, 0.1) is 0 Å². The summed E-state index contributed by atoms with van der Waals surface area (Å²) in [6.07, 6.45) is 9.15. The smallest absolute Gasteiger partial charge is 0.00577 e. The molecule has 0 aromatic heterocycles. The molecule has 0 heteroatoms. The lowest BCUT2D eigenvalue weighted by Gasteiger charge is -2.16. The summed E-state index contributed by atoms with van der Waals surface area (Å²) in [4.78, 5) is 0. The van der Waals surface area contributed by atoms with Crippen LogP contribution in [0.4, 0.5) is 0 Å². The third-order valence-corrected chi connectivity index (χ3v) is 4.57. The molecule has 0 radical (unpaired) electrons. The van der Waals surface area contributed by atoms with E-state index in [0.717, 1.165) is 12.8 Å². The van der Waals surface area contributed by atoms with E-state index in [-0.39, 0.29) is 0 Å². The maximum absolute atomic E-state index is 2.32. The molecular formula is C22H24. The number of hydrogen-bond donors (Lipinski definition) is 0. The third kappa shape index (κ3) is 3.22. The predicted molar refractivity (Wildman–Crippen MR) is 96.0 cm³/mol. The van der Waals surface area contributed by atoms with E-state index >= 15 is 0 Å². The lowest BCUT2D eigenvalue weighted by molar-refractivity contribution is 0.870. The lowest BCUT2D eigenvalue weighted by Crippen LogP contribution is -1.98. The summed E-state index contributed by atoms with van der Waals surface area (Å²) in [7, 11) is 0. The van der Waals surface area contributed by atoms with Crippen LogP contribution in [0.25, 0.3) is 11.1 Å². The zero-order valence-corrected chi connectivity index (χ0v) is 13.6. The SMILES string of the molecule is CCc1ccccc1-c1ccccc1CC1=CC=C(C)CC1.